The fourth-order valence-electron chi connectivity index (χ4n) is 3.88. The van der Waals surface area contributed by atoms with E-state index in [9.17, 15) is 19.2 Å². The van der Waals surface area contributed by atoms with Crippen LogP contribution in [-0.4, -0.2) is 30.3 Å². The molecule has 0 bridgehead atoms. The number of anilines is 2. The average molecular weight is 481 g/mol. The van der Waals surface area contributed by atoms with Crippen molar-refractivity contribution in [2.75, 3.05) is 16.8 Å². The number of nitrogens with zero attached hydrogens (tertiary/aromatic N) is 2. The van der Waals surface area contributed by atoms with Crippen LogP contribution in [0.25, 0.3) is 10.8 Å². The van der Waals surface area contributed by atoms with Gasteiger partial charge in [-0.2, -0.15) is 5.26 Å². The van der Waals surface area contributed by atoms with E-state index in [0.717, 1.165) is 10.3 Å². The van der Waals surface area contributed by atoms with Crippen molar-refractivity contribution in [2.24, 2.45) is 0 Å². The molecule has 0 spiro atoms. The van der Waals surface area contributed by atoms with Crippen molar-refractivity contribution in [1.82, 2.24) is 0 Å². The Kier molecular flexibility index (Phi) is 5.57. The topological polar surface area (TPSA) is 117 Å². The van der Waals surface area contributed by atoms with E-state index >= 15 is 0 Å². The summed E-state index contributed by atoms with van der Waals surface area (Å²) in [7, 11) is 0. The number of thiophene rings is 1. The van der Waals surface area contributed by atoms with Crippen LogP contribution in [0.4, 0.5) is 10.7 Å². The number of carbonyl (C=O) groups excluding carboxylic acids is 4. The first-order chi connectivity index (χ1) is 17.0. The number of ether oxygens (including phenoxy) is 1. The molecule has 170 valence electrons. The van der Waals surface area contributed by atoms with E-state index in [2.05, 4.69) is 5.32 Å². The van der Waals surface area contributed by atoms with E-state index in [-0.39, 0.29) is 5.56 Å². The highest BCUT2D eigenvalue weighted by atomic mass is 32.1. The van der Waals surface area contributed by atoms with Gasteiger partial charge in [-0.1, -0.05) is 24.3 Å². The largest absolute Gasteiger partial charge is 0.452 e. The SMILES string of the molecule is N#Cc1ccsc1NC(=O)COC(=O)c1ccc(N2C(=O)c3cccc4cccc(c34)C2=O)cc1. The molecule has 0 atom stereocenters. The molecule has 3 aromatic carbocycles. The van der Waals surface area contributed by atoms with Crippen LogP contribution in [0.3, 0.4) is 0 Å². The molecule has 8 nitrogen and oxygen atoms in total. The summed E-state index contributed by atoms with van der Waals surface area (Å²) < 4.78 is 5.05. The zero-order valence-electron chi connectivity index (χ0n) is 18.0. The second kappa shape index (κ2) is 8.85. The van der Waals surface area contributed by atoms with Crippen LogP contribution in [0.1, 0.15) is 36.6 Å². The molecule has 9 heteroatoms. The highest BCUT2D eigenvalue weighted by molar-refractivity contribution is 7.14. The van der Waals surface area contributed by atoms with Crippen LogP contribution in [-0.2, 0) is 9.53 Å². The lowest BCUT2D eigenvalue weighted by Gasteiger charge is -2.27. The molecule has 1 aromatic heterocycles. The molecule has 3 amide bonds. The molecule has 0 saturated carbocycles. The summed E-state index contributed by atoms with van der Waals surface area (Å²) in [5.74, 6) is -2.22. The van der Waals surface area contributed by atoms with Gasteiger partial charge >= 0.3 is 5.97 Å². The second-order valence-electron chi connectivity index (χ2n) is 7.60. The maximum Gasteiger partial charge on any atom is 0.338 e. The Bertz CT molecular complexity index is 1520. The van der Waals surface area contributed by atoms with E-state index in [0.29, 0.717) is 32.8 Å². The lowest BCUT2D eigenvalue weighted by Crippen LogP contribution is -2.40. The third-order valence-electron chi connectivity index (χ3n) is 5.51. The van der Waals surface area contributed by atoms with Gasteiger partial charge in [-0.25, -0.2) is 9.69 Å². The number of esters is 1. The molecule has 2 heterocycles. The summed E-state index contributed by atoms with van der Waals surface area (Å²) in [6, 6.07) is 19.9. The Morgan fingerprint density at radius 3 is 2.23 bits per heavy atom. The average Bonchev–Trinajstić information content (AvgIpc) is 3.33. The molecule has 35 heavy (non-hydrogen) atoms. The minimum Gasteiger partial charge on any atom is -0.452 e. The Hall–Kier alpha value is -4.81. The molecule has 1 N–H and O–H groups in total. The minimum absolute atomic E-state index is 0.148. The monoisotopic (exact) mass is 481 g/mol. The third-order valence-corrected chi connectivity index (χ3v) is 6.34. The Morgan fingerprint density at radius 2 is 1.60 bits per heavy atom. The van der Waals surface area contributed by atoms with Crippen molar-refractivity contribution in [3.63, 3.8) is 0 Å². The highest BCUT2D eigenvalue weighted by Gasteiger charge is 2.33. The van der Waals surface area contributed by atoms with E-state index in [4.69, 9.17) is 10.00 Å². The molecule has 5 rings (SSSR count). The number of nitriles is 1. The van der Waals surface area contributed by atoms with Crippen molar-refractivity contribution in [1.29, 1.82) is 5.26 Å². The van der Waals surface area contributed by atoms with Gasteiger partial charge < -0.3 is 10.1 Å². The van der Waals surface area contributed by atoms with Crippen molar-refractivity contribution >= 4 is 56.5 Å². The number of nitrogens with one attached hydrogen (secondary N) is 1. The highest BCUT2D eigenvalue weighted by Crippen LogP contribution is 2.32. The number of rotatable bonds is 5. The van der Waals surface area contributed by atoms with Crippen LogP contribution < -0.4 is 10.2 Å². The summed E-state index contributed by atoms with van der Waals surface area (Å²) in [4.78, 5) is 51.8. The first-order valence-electron chi connectivity index (χ1n) is 10.4. The fraction of sp³-hybridized carbons (Fsp3) is 0.0385. The van der Waals surface area contributed by atoms with Gasteiger partial charge in [0.1, 0.15) is 11.1 Å². The lowest BCUT2D eigenvalue weighted by molar-refractivity contribution is -0.119. The van der Waals surface area contributed by atoms with Crippen LogP contribution >= 0.6 is 11.3 Å². The second-order valence-corrected chi connectivity index (χ2v) is 8.52. The Morgan fingerprint density at radius 1 is 0.943 bits per heavy atom. The normalized spacial score (nSPS) is 12.4. The first-order valence-corrected chi connectivity index (χ1v) is 11.3. The van der Waals surface area contributed by atoms with Crippen molar-refractivity contribution in [2.45, 2.75) is 0 Å². The van der Waals surface area contributed by atoms with Gasteiger partial charge in [0.15, 0.2) is 6.61 Å². The van der Waals surface area contributed by atoms with E-state index in [1.54, 1.807) is 35.7 Å². The zero-order chi connectivity index (χ0) is 24.5. The summed E-state index contributed by atoms with van der Waals surface area (Å²) in [5.41, 5.74) is 1.64. The molecule has 1 aliphatic heterocycles. The Labute approximate surface area is 203 Å². The zero-order valence-corrected chi connectivity index (χ0v) is 18.8. The summed E-state index contributed by atoms with van der Waals surface area (Å²) in [5, 5.41) is 15.0. The van der Waals surface area contributed by atoms with Crippen LogP contribution in [0.5, 0.6) is 0 Å². The molecule has 1 aliphatic rings. The third kappa shape index (κ3) is 3.92. The maximum atomic E-state index is 13.1. The summed E-state index contributed by atoms with van der Waals surface area (Å²) >= 11 is 1.19. The smallest absolute Gasteiger partial charge is 0.338 e. The van der Waals surface area contributed by atoms with Gasteiger partial charge in [-0.15, -0.1) is 11.3 Å². The molecular formula is C26H15N3O5S. The van der Waals surface area contributed by atoms with Gasteiger partial charge in [0, 0.05) is 16.5 Å². The van der Waals surface area contributed by atoms with E-state index < -0.39 is 30.3 Å². The molecule has 4 aromatic rings. The molecule has 0 fully saturated rings. The molecule has 0 saturated heterocycles. The van der Waals surface area contributed by atoms with E-state index in [1.807, 2.05) is 18.2 Å². The summed E-state index contributed by atoms with van der Waals surface area (Å²) in [6.45, 7) is -0.534. The molecular weight excluding hydrogens is 466 g/mol. The van der Waals surface area contributed by atoms with Gasteiger partial charge in [0.2, 0.25) is 0 Å². The van der Waals surface area contributed by atoms with Gasteiger partial charge in [-0.3, -0.25) is 14.4 Å². The number of amides is 3. The molecule has 0 unspecified atom stereocenters. The molecule has 0 aliphatic carbocycles. The van der Waals surface area contributed by atoms with Crippen LogP contribution in [0, 0.1) is 11.3 Å². The number of imide groups is 1. The van der Waals surface area contributed by atoms with Crippen LogP contribution in [0.2, 0.25) is 0 Å². The predicted molar refractivity (Wildman–Crippen MR) is 129 cm³/mol. The fourth-order valence-corrected chi connectivity index (χ4v) is 4.64. The van der Waals surface area contributed by atoms with Crippen molar-refractivity contribution < 1.29 is 23.9 Å². The minimum atomic E-state index is -0.746. The van der Waals surface area contributed by atoms with Gasteiger partial charge in [0.25, 0.3) is 17.7 Å². The van der Waals surface area contributed by atoms with Crippen molar-refractivity contribution in [3.8, 4) is 6.07 Å². The first kappa shape index (κ1) is 22.0. The quantitative estimate of drug-likeness (QED) is 0.334. The predicted octanol–water partition coefficient (Wildman–Crippen LogP) is 4.37. The van der Waals surface area contributed by atoms with Gasteiger partial charge in [-0.05, 0) is 53.2 Å². The van der Waals surface area contributed by atoms with Crippen molar-refractivity contribution in [3.05, 3.63) is 94.4 Å². The number of carbonyl (C=O) groups is 4. The Balaban J connectivity index is 1.29. The lowest BCUT2D eigenvalue weighted by atomic mass is 9.94. The maximum absolute atomic E-state index is 13.1. The molecule has 0 radical (unpaired) electrons. The van der Waals surface area contributed by atoms with Crippen LogP contribution in [0.15, 0.2) is 72.1 Å². The summed E-state index contributed by atoms with van der Waals surface area (Å²) in [6.07, 6.45) is 0. The number of hydrogen-bond donors (Lipinski definition) is 1. The van der Waals surface area contributed by atoms with Gasteiger partial charge in [0.05, 0.1) is 16.8 Å². The van der Waals surface area contributed by atoms with E-state index in [1.165, 1.54) is 35.6 Å². The number of benzene rings is 3. The number of hydrogen-bond acceptors (Lipinski definition) is 7. The standard InChI is InChI=1S/C26H15N3O5S/c27-13-17-11-12-35-23(17)28-21(30)14-34-26(33)16-7-9-18(10-8-16)29-24(31)19-5-1-3-15-4-2-6-20(22(15)19)25(29)32/h1-12H,14H2,(H,28,30).